The molecule has 1 amide bonds. The largest absolute Gasteiger partial charge is 0.336 e. The van der Waals surface area contributed by atoms with Crippen LogP contribution in [0.5, 0.6) is 0 Å². The summed E-state index contributed by atoms with van der Waals surface area (Å²) in [7, 11) is 0. The van der Waals surface area contributed by atoms with Gasteiger partial charge >= 0.3 is 0 Å². The molecule has 1 aromatic carbocycles. The summed E-state index contributed by atoms with van der Waals surface area (Å²) >= 11 is 0. The van der Waals surface area contributed by atoms with Gasteiger partial charge in [-0.15, -0.1) is 0 Å². The molecule has 2 aromatic rings. The molecule has 4 heteroatoms. The Hall–Kier alpha value is -2.20. The maximum absolute atomic E-state index is 12.7. The summed E-state index contributed by atoms with van der Waals surface area (Å²) in [6.45, 7) is 8.32. The lowest BCUT2D eigenvalue weighted by atomic mass is 10.0. The molecule has 0 saturated carbocycles. The molecular weight excluding hydrogens is 286 g/mol. The SMILES string of the molecule is Cc1ccc(C)c(C(=O)N2CCN(Cc3cccnc3)CC2)c1. The molecule has 0 unspecified atom stereocenters. The lowest BCUT2D eigenvalue weighted by Crippen LogP contribution is -2.48. The number of hydrogen-bond donors (Lipinski definition) is 0. The van der Waals surface area contributed by atoms with Gasteiger partial charge in [0.1, 0.15) is 0 Å². The lowest BCUT2D eigenvalue weighted by molar-refractivity contribution is 0.0627. The van der Waals surface area contributed by atoms with Crippen LogP contribution in [0.2, 0.25) is 0 Å². The number of carbonyl (C=O) groups is 1. The van der Waals surface area contributed by atoms with Gasteiger partial charge in [-0.2, -0.15) is 0 Å². The lowest BCUT2D eigenvalue weighted by Gasteiger charge is -2.35. The number of benzene rings is 1. The minimum atomic E-state index is 0.159. The van der Waals surface area contributed by atoms with Crippen LogP contribution in [0.3, 0.4) is 0 Å². The van der Waals surface area contributed by atoms with E-state index in [0.29, 0.717) is 0 Å². The highest BCUT2D eigenvalue weighted by Crippen LogP contribution is 2.15. The minimum absolute atomic E-state index is 0.159. The highest BCUT2D eigenvalue weighted by atomic mass is 16.2. The van der Waals surface area contributed by atoms with Gasteiger partial charge < -0.3 is 4.90 Å². The summed E-state index contributed by atoms with van der Waals surface area (Å²) in [6, 6.07) is 10.1. The van der Waals surface area contributed by atoms with Gasteiger partial charge in [-0.25, -0.2) is 0 Å². The Kier molecular flexibility index (Phi) is 4.72. The van der Waals surface area contributed by atoms with Crippen LogP contribution < -0.4 is 0 Å². The Labute approximate surface area is 137 Å². The third kappa shape index (κ3) is 3.77. The minimum Gasteiger partial charge on any atom is -0.336 e. The van der Waals surface area contributed by atoms with E-state index in [4.69, 9.17) is 0 Å². The summed E-state index contributed by atoms with van der Waals surface area (Å²) in [4.78, 5) is 21.2. The van der Waals surface area contributed by atoms with Gasteiger partial charge in [0.05, 0.1) is 0 Å². The van der Waals surface area contributed by atoms with E-state index in [1.807, 2.05) is 43.1 Å². The zero-order valence-electron chi connectivity index (χ0n) is 13.8. The molecule has 0 radical (unpaired) electrons. The summed E-state index contributed by atoms with van der Waals surface area (Å²) in [6.07, 6.45) is 3.71. The molecule has 1 saturated heterocycles. The van der Waals surface area contributed by atoms with E-state index in [-0.39, 0.29) is 5.91 Å². The van der Waals surface area contributed by atoms with Crippen LogP contribution in [0.1, 0.15) is 27.0 Å². The van der Waals surface area contributed by atoms with Crippen LogP contribution in [0.25, 0.3) is 0 Å². The fraction of sp³-hybridized carbons (Fsp3) is 0.368. The van der Waals surface area contributed by atoms with E-state index in [1.54, 1.807) is 6.20 Å². The number of piperazine rings is 1. The molecule has 0 atom stereocenters. The Morgan fingerprint density at radius 1 is 1.13 bits per heavy atom. The van der Waals surface area contributed by atoms with Crippen LogP contribution in [0.4, 0.5) is 0 Å². The second kappa shape index (κ2) is 6.92. The van der Waals surface area contributed by atoms with Gasteiger partial charge in [-0.3, -0.25) is 14.7 Å². The van der Waals surface area contributed by atoms with Crippen molar-refractivity contribution in [2.45, 2.75) is 20.4 Å². The van der Waals surface area contributed by atoms with E-state index in [0.717, 1.165) is 49.4 Å². The molecule has 1 aliphatic rings. The Morgan fingerprint density at radius 3 is 2.61 bits per heavy atom. The van der Waals surface area contributed by atoms with Crippen molar-refractivity contribution >= 4 is 5.91 Å². The van der Waals surface area contributed by atoms with Crippen molar-refractivity contribution in [3.8, 4) is 0 Å². The van der Waals surface area contributed by atoms with Crippen LogP contribution in [-0.4, -0.2) is 46.9 Å². The van der Waals surface area contributed by atoms with Crippen LogP contribution in [0, 0.1) is 13.8 Å². The van der Waals surface area contributed by atoms with Gasteiger partial charge in [0.25, 0.3) is 5.91 Å². The van der Waals surface area contributed by atoms with Crippen molar-refractivity contribution in [2.24, 2.45) is 0 Å². The van der Waals surface area contributed by atoms with Gasteiger partial charge in [0.2, 0.25) is 0 Å². The predicted molar refractivity (Wildman–Crippen MR) is 91.3 cm³/mol. The third-order valence-corrected chi connectivity index (χ3v) is 4.41. The topological polar surface area (TPSA) is 36.4 Å². The summed E-state index contributed by atoms with van der Waals surface area (Å²) in [5.74, 6) is 0.159. The molecule has 3 rings (SSSR count). The molecule has 120 valence electrons. The van der Waals surface area contributed by atoms with Gasteiger partial charge in [-0.1, -0.05) is 23.8 Å². The average Bonchev–Trinajstić information content (AvgIpc) is 2.58. The number of carbonyl (C=O) groups excluding carboxylic acids is 1. The maximum Gasteiger partial charge on any atom is 0.254 e. The first-order chi connectivity index (χ1) is 11.1. The second-order valence-electron chi connectivity index (χ2n) is 6.25. The highest BCUT2D eigenvalue weighted by Gasteiger charge is 2.23. The molecular formula is C19H23N3O. The first-order valence-corrected chi connectivity index (χ1v) is 8.11. The Balaban J connectivity index is 1.60. The van der Waals surface area contributed by atoms with E-state index >= 15 is 0 Å². The summed E-state index contributed by atoms with van der Waals surface area (Å²) in [5, 5.41) is 0. The highest BCUT2D eigenvalue weighted by molar-refractivity contribution is 5.95. The number of aryl methyl sites for hydroxylation is 2. The van der Waals surface area contributed by atoms with E-state index in [1.165, 1.54) is 5.56 Å². The summed E-state index contributed by atoms with van der Waals surface area (Å²) in [5.41, 5.74) is 4.25. The average molecular weight is 309 g/mol. The predicted octanol–water partition coefficient (Wildman–Crippen LogP) is 2.66. The zero-order chi connectivity index (χ0) is 16.2. The van der Waals surface area contributed by atoms with Crippen LogP contribution in [0.15, 0.2) is 42.7 Å². The monoisotopic (exact) mass is 309 g/mol. The first kappa shape index (κ1) is 15.7. The Bertz CT molecular complexity index is 676. The van der Waals surface area contributed by atoms with Crippen molar-refractivity contribution in [2.75, 3.05) is 26.2 Å². The van der Waals surface area contributed by atoms with Gasteiger partial charge in [0.15, 0.2) is 0 Å². The number of pyridine rings is 1. The smallest absolute Gasteiger partial charge is 0.254 e. The number of amides is 1. The fourth-order valence-corrected chi connectivity index (χ4v) is 3.00. The molecule has 4 nitrogen and oxygen atoms in total. The van der Waals surface area contributed by atoms with Crippen molar-refractivity contribution in [1.29, 1.82) is 0 Å². The molecule has 2 heterocycles. The molecule has 23 heavy (non-hydrogen) atoms. The zero-order valence-corrected chi connectivity index (χ0v) is 13.8. The number of hydrogen-bond acceptors (Lipinski definition) is 3. The number of aromatic nitrogens is 1. The second-order valence-corrected chi connectivity index (χ2v) is 6.25. The van der Waals surface area contributed by atoms with Crippen molar-refractivity contribution < 1.29 is 4.79 Å². The quantitative estimate of drug-likeness (QED) is 0.874. The van der Waals surface area contributed by atoms with E-state index in [9.17, 15) is 4.79 Å². The van der Waals surface area contributed by atoms with Crippen LogP contribution in [-0.2, 0) is 6.54 Å². The van der Waals surface area contributed by atoms with E-state index in [2.05, 4.69) is 22.0 Å². The van der Waals surface area contributed by atoms with Crippen molar-refractivity contribution in [3.05, 3.63) is 65.0 Å². The first-order valence-electron chi connectivity index (χ1n) is 8.11. The van der Waals surface area contributed by atoms with Crippen molar-refractivity contribution in [1.82, 2.24) is 14.8 Å². The molecule has 1 aliphatic heterocycles. The van der Waals surface area contributed by atoms with Crippen molar-refractivity contribution in [3.63, 3.8) is 0 Å². The third-order valence-electron chi connectivity index (χ3n) is 4.41. The molecule has 1 fully saturated rings. The molecule has 0 bridgehead atoms. The van der Waals surface area contributed by atoms with Crippen LogP contribution >= 0.6 is 0 Å². The standard InChI is InChI=1S/C19H23N3O/c1-15-5-6-16(2)18(12-15)19(23)22-10-8-21(9-11-22)14-17-4-3-7-20-13-17/h3-7,12-13H,8-11,14H2,1-2H3. The normalized spacial score (nSPS) is 15.7. The maximum atomic E-state index is 12.7. The number of rotatable bonds is 3. The van der Waals surface area contributed by atoms with Gasteiger partial charge in [-0.05, 0) is 37.1 Å². The Morgan fingerprint density at radius 2 is 1.91 bits per heavy atom. The molecule has 0 aliphatic carbocycles. The number of nitrogens with zero attached hydrogens (tertiary/aromatic N) is 3. The fourth-order valence-electron chi connectivity index (χ4n) is 3.00. The molecule has 0 N–H and O–H groups in total. The van der Waals surface area contributed by atoms with Gasteiger partial charge in [0, 0.05) is 50.7 Å². The van der Waals surface area contributed by atoms with E-state index < -0.39 is 0 Å². The summed E-state index contributed by atoms with van der Waals surface area (Å²) < 4.78 is 0. The molecule has 1 aromatic heterocycles. The molecule has 0 spiro atoms.